The monoisotopic (exact) mass is 372 g/mol. The molecular formula is C20H24N2O3S. The first-order valence-electron chi connectivity index (χ1n) is 8.61. The van der Waals surface area contributed by atoms with E-state index in [4.69, 9.17) is 4.84 Å². The Hall–Kier alpha value is -2.18. The molecule has 0 aromatic heterocycles. The summed E-state index contributed by atoms with van der Waals surface area (Å²) in [7, 11) is -1.99. The minimum Gasteiger partial charge on any atom is -0.390 e. The molecule has 6 heteroatoms. The summed E-state index contributed by atoms with van der Waals surface area (Å²) in [5, 5.41) is 4.14. The standard InChI is InChI=1S/C20H24N2O3S/c1-14-10-15(2)20(16(3)11-14)26(23,24)22(4)13-18-12-19(21-25-18)17-8-6-5-7-9-17/h5-11,18H,12-13H2,1-4H3. The number of oxime groups is 1. The lowest BCUT2D eigenvalue weighted by Gasteiger charge is -2.22. The van der Waals surface area contributed by atoms with Gasteiger partial charge in [-0.05, 0) is 37.5 Å². The largest absolute Gasteiger partial charge is 0.390 e. The number of sulfonamides is 1. The van der Waals surface area contributed by atoms with Crippen LogP contribution in [0.15, 0.2) is 52.5 Å². The van der Waals surface area contributed by atoms with Gasteiger partial charge in [0.05, 0.1) is 17.2 Å². The molecule has 0 N–H and O–H groups in total. The summed E-state index contributed by atoms with van der Waals surface area (Å²) in [6.45, 7) is 5.90. The molecule has 0 saturated carbocycles. The molecule has 138 valence electrons. The fourth-order valence-corrected chi connectivity index (χ4v) is 5.05. The molecule has 0 radical (unpaired) electrons. The van der Waals surface area contributed by atoms with Crippen molar-refractivity contribution in [2.45, 2.75) is 38.2 Å². The molecule has 1 unspecified atom stereocenters. The molecular weight excluding hydrogens is 348 g/mol. The summed E-state index contributed by atoms with van der Waals surface area (Å²) in [6.07, 6.45) is 0.312. The van der Waals surface area contributed by atoms with Crippen molar-refractivity contribution in [1.82, 2.24) is 4.31 Å². The van der Waals surface area contributed by atoms with E-state index in [2.05, 4.69) is 5.16 Å². The molecule has 2 aromatic carbocycles. The van der Waals surface area contributed by atoms with E-state index in [0.29, 0.717) is 11.3 Å². The van der Waals surface area contributed by atoms with E-state index in [1.54, 1.807) is 7.05 Å². The van der Waals surface area contributed by atoms with Gasteiger partial charge < -0.3 is 4.84 Å². The first-order valence-corrected chi connectivity index (χ1v) is 10.1. The average molecular weight is 372 g/mol. The van der Waals surface area contributed by atoms with Gasteiger partial charge in [-0.2, -0.15) is 4.31 Å². The van der Waals surface area contributed by atoms with Gasteiger partial charge in [-0.25, -0.2) is 8.42 Å². The van der Waals surface area contributed by atoms with Crippen LogP contribution in [0.2, 0.25) is 0 Å². The molecule has 3 rings (SSSR count). The van der Waals surface area contributed by atoms with Crippen LogP contribution in [0.1, 0.15) is 28.7 Å². The third-order valence-electron chi connectivity index (χ3n) is 4.57. The van der Waals surface area contributed by atoms with Crippen LogP contribution in [-0.2, 0) is 14.9 Å². The molecule has 0 spiro atoms. The quantitative estimate of drug-likeness (QED) is 0.808. The molecule has 1 aliphatic heterocycles. The SMILES string of the molecule is Cc1cc(C)c(S(=O)(=O)N(C)CC2CC(c3ccccc3)=NO2)c(C)c1. The molecule has 26 heavy (non-hydrogen) atoms. The second-order valence-corrected chi connectivity index (χ2v) is 8.83. The minimum atomic E-state index is -3.58. The van der Waals surface area contributed by atoms with Crippen LogP contribution in [0.5, 0.6) is 0 Å². The van der Waals surface area contributed by atoms with Crippen molar-refractivity contribution >= 4 is 15.7 Å². The normalized spacial score (nSPS) is 17.3. The third kappa shape index (κ3) is 3.66. The molecule has 1 atom stereocenters. The Balaban J connectivity index is 1.74. The van der Waals surface area contributed by atoms with Crippen molar-refractivity contribution in [3.8, 4) is 0 Å². The fourth-order valence-electron chi connectivity index (χ4n) is 3.44. The van der Waals surface area contributed by atoms with Crippen molar-refractivity contribution in [2.75, 3.05) is 13.6 Å². The highest BCUT2D eigenvalue weighted by molar-refractivity contribution is 7.89. The van der Waals surface area contributed by atoms with Crippen LogP contribution >= 0.6 is 0 Å². The zero-order chi connectivity index (χ0) is 18.9. The Kier molecular flexibility index (Phi) is 5.16. The van der Waals surface area contributed by atoms with E-state index in [1.807, 2.05) is 63.2 Å². The number of aryl methyl sites for hydroxylation is 3. The van der Waals surface area contributed by atoms with Gasteiger partial charge in [0, 0.05) is 13.5 Å². The van der Waals surface area contributed by atoms with Crippen molar-refractivity contribution in [3.63, 3.8) is 0 Å². The Morgan fingerprint density at radius 1 is 1.12 bits per heavy atom. The lowest BCUT2D eigenvalue weighted by atomic mass is 10.1. The van der Waals surface area contributed by atoms with Gasteiger partial charge in [0.1, 0.15) is 6.10 Å². The van der Waals surface area contributed by atoms with Crippen molar-refractivity contribution in [3.05, 3.63) is 64.7 Å². The topological polar surface area (TPSA) is 59.0 Å². The maximum absolute atomic E-state index is 13.1. The zero-order valence-electron chi connectivity index (χ0n) is 15.6. The third-order valence-corrected chi connectivity index (χ3v) is 6.70. The maximum Gasteiger partial charge on any atom is 0.243 e. The predicted molar refractivity (Wildman–Crippen MR) is 103 cm³/mol. The summed E-state index contributed by atoms with van der Waals surface area (Å²) in [5.41, 5.74) is 4.45. The number of hydrogen-bond acceptors (Lipinski definition) is 4. The van der Waals surface area contributed by atoms with Gasteiger partial charge in [0.15, 0.2) is 0 Å². The Morgan fingerprint density at radius 3 is 2.35 bits per heavy atom. The van der Waals surface area contributed by atoms with Crippen LogP contribution in [-0.4, -0.2) is 38.1 Å². The highest BCUT2D eigenvalue weighted by Crippen LogP contribution is 2.26. The van der Waals surface area contributed by atoms with E-state index in [1.165, 1.54) is 4.31 Å². The number of hydrogen-bond donors (Lipinski definition) is 0. The molecule has 5 nitrogen and oxygen atoms in total. The van der Waals surface area contributed by atoms with Crippen molar-refractivity contribution < 1.29 is 13.3 Å². The van der Waals surface area contributed by atoms with E-state index in [0.717, 1.165) is 28.0 Å². The highest BCUT2D eigenvalue weighted by Gasteiger charge is 2.30. The summed E-state index contributed by atoms with van der Waals surface area (Å²) >= 11 is 0. The van der Waals surface area contributed by atoms with Crippen molar-refractivity contribution in [1.29, 1.82) is 0 Å². The number of likely N-dealkylation sites (N-methyl/N-ethyl adjacent to an activating group) is 1. The smallest absolute Gasteiger partial charge is 0.243 e. The number of benzene rings is 2. The molecule has 1 heterocycles. The minimum absolute atomic E-state index is 0.259. The zero-order valence-corrected chi connectivity index (χ0v) is 16.4. The molecule has 0 fully saturated rings. The molecule has 0 aliphatic carbocycles. The van der Waals surface area contributed by atoms with Gasteiger partial charge >= 0.3 is 0 Å². The molecule has 0 amide bonds. The van der Waals surface area contributed by atoms with Crippen LogP contribution < -0.4 is 0 Å². The average Bonchev–Trinajstić information content (AvgIpc) is 3.03. The second kappa shape index (κ2) is 7.21. The number of nitrogens with zero attached hydrogens (tertiary/aromatic N) is 2. The number of rotatable bonds is 5. The van der Waals surface area contributed by atoms with Crippen molar-refractivity contribution in [2.24, 2.45) is 5.16 Å². The van der Waals surface area contributed by atoms with Crippen LogP contribution in [0.4, 0.5) is 0 Å². The molecule has 0 bridgehead atoms. The lowest BCUT2D eigenvalue weighted by molar-refractivity contribution is 0.0740. The summed E-state index contributed by atoms with van der Waals surface area (Å²) in [4.78, 5) is 5.87. The summed E-state index contributed by atoms with van der Waals surface area (Å²) in [5.74, 6) is 0. The van der Waals surface area contributed by atoms with Gasteiger partial charge in [-0.15, -0.1) is 0 Å². The fraction of sp³-hybridized carbons (Fsp3) is 0.350. The van der Waals surface area contributed by atoms with Gasteiger partial charge in [0.25, 0.3) is 0 Å². The molecule has 1 aliphatic rings. The Bertz CT molecular complexity index is 914. The first-order chi connectivity index (χ1) is 12.3. The second-order valence-electron chi connectivity index (χ2n) is 6.85. The Labute approximate surface area is 155 Å². The summed E-state index contributed by atoms with van der Waals surface area (Å²) < 4.78 is 27.5. The van der Waals surface area contributed by atoms with E-state index in [9.17, 15) is 8.42 Å². The summed E-state index contributed by atoms with van der Waals surface area (Å²) in [6, 6.07) is 13.6. The van der Waals surface area contributed by atoms with E-state index in [-0.39, 0.29) is 12.6 Å². The van der Waals surface area contributed by atoms with Gasteiger partial charge in [0.2, 0.25) is 10.0 Å². The Morgan fingerprint density at radius 2 is 1.73 bits per heavy atom. The van der Waals surface area contributed by atoms with Gasteiger partial charge in [-0.1, -0.05) is 53.2 Å². The maximum atomic E-state index is 13.1. The van der Waals surface area contributed by atoms with Crippen LogP contribution in [0.25, 0.3) is 0 Å². The lowest BCUT2D eigenvalue weighted by Crippen LogP contribution is -2.35. The molecule has 0 saturated heterocycles. The van der Waals surface area contributed by atoms with E-state index < -0.39 is 10.0 Å². The predicted octanol–water partition coefficient (Wildman–Crippen LogP) is 3.43. The first kappa shape index (κ1) is 18.6. The van der Waals surface area contributed by atoms with Crippen LogP contribution in [0.3, 0.4) is 0 Å². The van der Waals surface area contributed by atoms with E-state index >= 15 is 0 Å². The van der Waals surface area contributed by atoms with Gasteiger partial charge in [-0.3, -0.25) is 0 Å². The highest BCUT2D eigenvalue weighted by atomic mass is 32.2. The molecule has 2 aromatic rings. The van der Waals surface area contributed by atoms with Crippen LogP contribution in [0, 0.1) is 20.8 Å².